The summed E-state index contributed by atoms with van der Waals surface area (Å²) >= 11 is 1.52. The Labute approximate surface area is 202 Å². The normalized spacial score (nSPS) is 14.5. The molecule has 2 aromatic heterocycles. The van der Waals surface area contributed by atoms with Gasteiger partial charge in [0.1, 0.15) is 0 Å². The van der Waals surface area contributed by atoms with Gasteiger partial charge in [-0.1, -0.05) is 6.07 Å². The third-order valence-electron chi connectivity index (χ3n) is 6.01. The number of thiophene rings is 1. The van der Waals surface area contributed by atoms with Crippen LogP contribution in [0.1, 0.15) is 11.1 Å². The molecule has 3 heterocycles. The maximum Gasteiger partial charge on any atom is 0.238 e. The Balaban J connectivity index is 1.48. The fourth-order valence-electron chi connectivity index (χ4n) is 4.32. The average molecular weight is 496 g/mol. The lowest BCUT2D eigenvalue weighted by molar-refractivity contribution is 0.122. The molecule has 0 amide bonds. The molecule has 0 spiro atoms. The summed E-state index contributed by atoms with van der Waals surface area (Å²) < 4.78 is 30.5. The summed E-state index contributed by atoms with van der Waals surface area (Å²) in [6, 6.07) is 11.5. The Morgan fingerprint density at radius 3 is 2.53 bits per heavy atom. The Hall–Kier alpha value is -3.05. The van der Waals surface area contributed by atoms with Crippen molar-refractivity contribution in [1.29, 1.82) is 0 Å². The summed E-state index contributed by atoms with van der Waals surface area (Å²) in [7, 11) is -3.83. The number of primary sulfonamides is 1. The predicted molar refractivity (Wildman–Crippen MR) is 136 cm³/mol. The zero-order valence-corrected chi connectivity index (χ0v) is 20.5. The summed E-state index contributed by atoms with van der Waals surface area (Å²) in [6.07, 6.45) is 1.79. The van der Waals surface area contributed by atoms with Crippen LogP contribution in [-0.4, -0.2) is 44.7 Å². The second-order valence-corrected chi connectivity index (χ2v) is 10.7. The molecule has 3 N–H and O–H groups in total. The molecule has 0 bridgehead atoms. The van der Waals surface area contributed by atoms with Gasteiger partial charge in [-0.05, 0) is 60.9 Å². The SMILES string of the molecule is Cc1ccc(S(N)(=O)=O)c(C)c1-c1csc2cnc(Nc3ccc(N4CCOCC4)cc3)nc12. The molecule has 1 fully saturated rings. The van der Waals surface area contributed by atoms with Crippen LogP contribution in [0.5, 0.6) is 0 Å². The van der Waals surface area contributed by atoms with Crippen LogP contribution in [0.15, 0.2) is 52.9 Å². The van der Waals surface area contributed by atoms with Crippen molar-refractivity contribution in [3.05, 3.63) is 59.1 Å². The van der Waals surface area contributed by atoms with Crippen molar-refractivity contribution in [1.82, 2.24) is 9.97 Å². The number of sulfonamides is 1. The Bertz CT molecular complexity index is 1460. The van der Waals surface area contributed by atoms with Crippen molar-refractivity contribution in [2.45, 2.75) is 18.7 Å². The molecular formula is C24H25N5O3S2. The molecule has 4 aromatic rings. The third kappa shape index (κ3) is 4.37. The van der Waals surface area contributed by atoms with Crippen molar-refractivity contribution in [3.8, 4) is 11.1 Å². The molecule has 0 saturated carbocycles. The van der Waals surface area contributed by atoms with Gasteiger partial charge in [-0.25, -0.2) is 23.5 Å². The van der Waals surface area contributed by atoms with E-state index in [0.29, 0.717) is 11.5 Å². The van der Waals surface area contributed by atoms with Crippen LogP contribution in [0, 0.1) is 13.8 Å². The number of benzene rings is 2. The number of morpholine rings is 1. The number of nitrogens with one attached hydrogen (secondary N) is 1. The van der Waals surface area contributed by atoms with Gasteiger partial charge in [0, 0.05) is 35.4 Å². The van der Waals surface area contributed by atoms with Crippen LogP contribution in [0.4, 0.5) is 17.3 Å². The minimum absolute atomic E-state index is 0.125. The lowest BCUT2D eigenvalue weighted by Crippen LogP contribution is -2.36. The van der Waals surface area contributed by atoms with E-state index in [1.165, 1.54) is 11.3 Å². The van der Waals surface area contributed by atoms with Gasteiger partial charge < -0.3 is 15.0 Å². The van der Waals surface area contributed by atoms with Gasteiger partial charge >= 0.3 is 0 Å². The molecule has 10 heteroatoms. The highest BCUT2D eigenvalue weighted by Crippen LogP contribution is 2.38. The van der Waals surface area contributed by atoms with Crippen molar-refractivity contribution in [3.63, 3.8) is 0 Å². The van der Waals surface area contributed by atoms with Gasteiger partial charge in [-0.2, -0.15) is 0 Å². The Morgan fingerprint density at radius 1 is 1.09 bits per heavy atom. The van der Waals surface area contributed by atoms with Crippen LogP contribution in [-0.2, 0) is 14.8 Å². The number of aromatic nitrogens is 2. The second kappa shape index (κ2) is 8.95. The predicted octanol–water partition coefficient (Wildman–Crippen LogP) is 4.20. The highest BCUT2D eigenvalue weighted by molar-refractivity contribution is 7.89. The molecule has 1 aliphatic heterocycles. The fourth-order valence-corrected chi connectivity index (χ4v) is 5.96. The Kier molecular flexibility index (Phi) is 5.98. The molecule has 2 aromatic carbocycles. The number of nitrogens with zero attached hydrogens (tertiary/aromatic N) is 3. The molecule has 1 saturated heterocycles. The summed E-state index contributed by atoms with van der Waals surface area (Å²) in [5.41, 5.74) is 6.09. The number of hydrogen-bond donors (Lipinski definition) is 2. The number of hydrogen-bond acceptors (Lipinski definition) is 8. The van der Waals surface area contributed by atoms with E-state index in [0.717, 1.165) is 64.6 Å². The molecule has 176 valence electrons. The van der Waals surface area contributed by atoms with Crippen LogP contribution in [0.3, 0.4) is 0 Å². The fraction of sp³-hybridized carbons (Fsp3) is 0.250. The van der Waals surface area contributed by atoms with Gasteiger partial charge in [-0.3, -0.25) is 0 Å². The molecule has 0 atom stereocenters. The first-order chi connectivity index (χ1) is 16.3. The number of nitrogens with two attached hydrogens (primary N) is 1. The minimum Gasteiger partial charge on any atom is -0.378 e. The largest absolute Gasteiger partial charge is 0.378 e. The van der Waals surface area contributed by atoms with Crippen LogP contribution in [0.2, 0.25) is 0 Å². The standard InChI is InChI=1S/C24H25N5O3S2/c1-15-3-8-21(34(25,30)31)16(2)22(15)19-14-33-20-13-26-24(28-23(19)20)27-17-4-6-18(7-5-17)29-9-11-32-12-10-29/h3-8,13-14H,9-12H2,1-2H3,(H2,25,30,31)(H,26,27,28). The zero-order valence-electron chi connectivity index (χ0n) is 18.9. The molecule has 5 rings (SSSR count). The number of fused-ring (bicyclic) bond motifs is 1. The first-order valence-electron chi connectivity index (χ1n) is 10.9. The van der Waals surface area contributed by atoms with E-state index in [9.17, 15) is 8.42 Å². The topological polar surface area (TPSA) is 110 Å². The number of rotatable bonds is 5. The van der Waals surface area contributed by atoms with Crippen molar-refractivity contribution in [2.24, 2.45) is 5.14 Å². The number of aryl methyl sites for hydroxylation is 1. The zero-order chi connectivity index (χ0) is 23.9. The van der Waals surface area contributed by atoms with Gasteiger partial charge in [0.15, 0.2) is 0 Å². The smallest absolute Gasteiger partial charge is 0.238 e. The van der Waals surface area contributed by atoms with E-state index in [4.69, 9.17) is 14.9 Å². The summed E-state index contributed by atoms with van der Waals surface area (Å²) in [5, 5.41) is 10.7. The van der Waals surface area contributed by atoms with Crippen LogP contribution in [0.25, 0.3) is 21.3 Å². The molecule has 1 aliphatic rings. The molecular weight excluding hydrogens is 470 g/mol. The summed E-state index contributed by atoms with van der Waals surface area (Å²) in [4.78, 5) is 11.7. The molecule has 0 aliphatic carbocycles. The van der Waals surface area contributed by atoms with E-state index < -0.39 is 10.0 Å². The third-order valence-corrected chi connectivity index (χ3v) is 7.97. The molecule has 0 unspecified atom stereocenters. The lowest BCUT2D eigenvalue weighted by Gasteiger charge is -2.28. The van der Waals surface area contributed by atoms with Gasteiger partial charge in [0.2, 0.25) is 16.0 Å². The average Bonchev–Trinajstić information content (AvgIpc) is 3.22. The van der Waals surface area contributed by atoms with Crippen molar-refractivity contribution in [2.75, 3.05) is 36.5 Å². The van der Waals surface area contributed by atoms with E-state index in [1.54, 1.807) is 25.3 Å². The first-order valence-corrected chi connectivity index (χ1v) is 13.3. The van der Waals surface area contributed by atoms with Gasteiger partial charge in [0.25, 0.3) is 0 Å². The van der Waals surface area contributed by atoms with Crippen molar-refractivity contribution < 1.29 is 13.2 Å². The summed E-state index contributed by atoms with van der Waals surface area (Å²) in [5.74, 6) is 0.476. The number of anilines is 3. The highest BCUT2D eigenvalue weighted by Gasteiger charge is 2.20. The lowest BCUT2D eigenvalue weighted by atomic mass is 9.97. The van der Waals surface area contributed by atoms with Crippen LogP contribution >= 0.6 is 11.3 Å². The van der Waals surface area contributed by atoms with E-state index in [-0.39, 0.29) is 4.90 Å². The van der Waals surface area contributed by atoms with E-state index >= 15 is 0 Å². The quantitative estimate of drug-likeness (QED) is 0.427. The molecule has 8 nitrogen and oxygen atoms in total. The second-order valence-electron chi connectivity index (χ2n) is 8.25. The Morgan fingerprint density at radius 2 is 1.82 bits per heavy atom. The minimum atomic E-state index is -3.83. The highest BCUT2D eigenvalue weighted by atomic mass is 32.2. The van der Waals surface area contributed by atoms with Gasteiger partial charge in [0.05, 0.1) is 34.5 Å². The maximum absolute atomic E-state index is 12.1. The number of ether oxygens (including phenoxy) is 1. The first kappa shape index (κ1) is 22.7. The van der Waals surface area contributed by atoms with E-state index in [2.05, 4.69) is 27.3 Å². The van der Waals surface area contributed by atoms with Crippen LogP contribution < -0.4 is 15.4 Å². The van der Waals surface area contributed by atoms with E-state index in [1.807, 2.05) is 24.4 Å². The van der Waals surface area contributed by atoms with Gasteiger partial charge in [-0.15, -0.1) is 11.3 Å². The maximum atomic E-state index is 12.1. The molecule has 34 heavy (non-hydrogen) atoms. The molecule has 0 radical (unpaired) electrons. The monoisotopic (exact) mass is 495 g/mol. The van der Waals surface area contributed by atoms with Crippen molar-refractivity contribution >= 4 is 48.9 Å². The summed E-state index contributed by atoms with van der Waals surface area (Å²) in [6.45, 7) is 7.00.